The smallest absolute Gasteiger partial charge is 0.00623 e. The van der Waals surface area contributed by atoms with Gasteiger partial charge in [0.2, 0.25) is 0 Å². The highest BCUT2D eigenvalue weighted by Gasteiger charge is 2.18. The third-order valence-corrected chi connectivity index (χ3v) is 6.74. The second kappa shape index (κ2) is 12.1. The lowest BCUT2D eigenvalue weighted by Gasteiger charge is -2.23. The van der Waals surface area contributed by atoms with E-state index in [4.69, 9.17) is 5.73 Å². The van der Waals surface area contributed by atoms with Gasteiger partial charge in [-0.05, 0) is 114 Å². The monoisotopic (exact) mass is 465 g/mol. The fourth-order valence-electron chi connectivity index (χ4n) is 4.79. The van der Waals surface area contributed by atoms with Crippen LogP contribution in [0.15, 0.2) is 72.5 Å². The summed E-state index contributed by atoms with van der Waals surface area (Å²) in [4.78, 5) is 0. The topological polar surface area (TPSA) is 26.0 Å². The zero-order valence-electron chi connectivity index (χ0n) is 22.6. The molecule has 184 valence electrons. The van der Waals surface area contributed by atoms with Gasteiger partial charge in [0.05, 0.1) is 0 Å². The molecule has 1 heteroatoms. The molecule has 0 unspecified atom stereocenters. The van der Waals surface area contributed by atoms with Crippen molar-refractivity contribution in [3.8, 4) is 0 Å². The molecule has 35 heavy (non-hydrogen) atoms. The summed E-state index contributed by atoms with van der Waals surface area (Å²) < 4.78 is 0. The molecule has 2 aromatic carbocycles. The van der Waals surface area contributed by atoms with E-state index in [9.17, 15) is 0 Å². The zero-order chi connectivity index (χ0) is 25.4. The number of fused-ring (bicyclic) bond motifs is 1. The van der Waals surface area contributed by atoms with Crippen LogP contribution in [0.1, 0.15) is 86.4 Å². The van der Waals surface area contributed by atoms with Crippen LogP contribution in [0.25, 0.3) is 17.7 Å². The van der Waals surface area contributed by atoms with E-state index in [0.29, 0.717) is 0 Å². The molecule has 0 amide bonds. The number of hydrogen-bond donors (Lipinski definition) is 1. The van der Waals surface area contributed by atoms with Crippen molar-refractivity contribution in [1.29, 1.82) is 0 Å². The second-order valence-corrected chi connectivity index (χ2v) is 10.7. The van der Waals surface area contributed by atoms with Gasteiger partial charge in [0, 0.05) is 0 Å². The summed E-state index contributed by atoms with van der Waals surface area (Å²) >= 11 is 0. The number of hydrogen-bond acceptors (Lipinski definition) is 1. The van der Waals surface area contributed by atoms with Crippen molar-refractivity contribution < 1.29 is 0 Å². The van der Waals surface area contributed by atoms with Gasteiger partial charge in [0.1, 0.15) is 0 Å². The fourth-order valence-corrected chi connectivity index (χ4v) is 4.79. The van der Waals surface area contributed by atoms with E-state index < -0.39 is 0 Å². The first-order valence-electron chi connectivity index (χ1n) is 13.1. The van der Waals surface area contributed by atoms with Crippen LogP contribution >= 0.6 is 0 Å². The van der Waals surface area contributed by atoms with Crippen LogP contribution in [0.2, 0.25) is 0 Å². The Morgan fingerprint density at radius 2 is 1.89 bits per heavy atom. The van der Waals surface area contributed by atoms with Crippen molar-refractivity contribution in [2.75, 3.05) is 0 Å². The summed E-state index contributed by atoms with van der Waals surface area (Å²) in [7, 11) is 0. The maximum Gasteiger partial charge on any atom is -0.00623 e. The molecule has 1 nitrogen and oxygen atoms in total. The zero-order valence-corrected chi connectivity index (χ0v) is 22.6. The minimum absolute atomic E-state index is 0.182. The number of nitrogens with two attached hydrogens (primary N) is 1. The van der Waals surface area contributed by atoms with E-state index in [0.717, 1.165) is 32.1 Å². The Morgan fingerprint density at radius 1 is 1.09 bits per heavy atom. The third-order valence-electron chi connectivity index (χ3n) is 6.74. The van der Waals surface area contributed by atoms with Crippen molar-refractivity contribution >= 4 is 17.7 Å². The van der Waals surface area contributed by atoms with E-state index in [1.807, 2.05) is 6.08 Å². The first kappa shape index (κ1) is 26.5. The molecule has 0 fully saturated rings. The molecule has 0 aromatic heterocycles. The van der Waals surface area contributed by atoms with Gasteiger partial charge in [-0.3, -0.25) is 0 Å². The Morgan fingerprint density at radius 3 is 2.57 bits per heavy atom. The van der Waals surface area contributed by atoms with Crippen molar-refractivity contribution in [2.24, 2.45) is 11.1 Å². The van der Waals surface area contributed by atoms with E-state index in [-0.39, 0.29) is 5.41 Å². The molecule has 0 saturated carbocycles. The summed E-state index contributed by atoms with van der Waals surface area (Å²) in [6, 6.07) is 11.7. The van der Waals surface area contributed by atoms with Crippen LogP contribution in [0.4, 0.5) is 0 Å². The summed E-state index contributed by atoms with van der Waals surface area (Å²) in [6.45, 7) is 13.3. The minimum atomic E-state index is 0.182. The predicted molar refractivity (Wildman–Crippen MR) is 156 cm³/mol. The summed E-state index contributed by atoms with van der Waals surface area (Å²) in [5, 5.41) is 0. The molecule has 0 atom stereocenters. The molecule has 0 aliphatic heterocycles. The van der Waals surface area contributed by atoms with Crippen molar-refractivity contribution in [1.82, 2.24) is 0 Å². The molecule has 0 radical (unpaired) electrons. The Kier molecular flexibility index (Phi) is 9.15. The Balaban J connectivity index is 1.99. The predicted octanol–water partition coefficient (Wildman–Crippen LogP) is 9.01. The molecule has 0 spiro atoms. The Hall–Kier alpha value is -3.06. The van der Waals surface area contributed by atoms with Crippen molar-refractivity contribution in [3.63, 3.8) is 0 Å². The van der Waals surface area contributed by atoms with E-state index in [1.54, 1.807) is 6.20 Å². The molecule has 1 aliphatic carbocycles. The molecule has 0 saturated heterocycles. The molecule has 2 N–H and O–H groups in total. The number of rotatable bonds is 8. The van der Waals surface area contributed by atoms with E-state index in [1.165, 1.54) is 50.1 Å². The lowest BCUT2D eigenvalue weighted by molar-refractivity contribution is 0.547. The Labute approximate surface area is 213 Å². The van der Waals surface area contributed by atoms with Gasteiger partial charge in [-0.15, -0.1) is 0 Å². The van der Waals surface area contributed by atoms with E-state index in [2.05, 4.69) is 108 Å². The van der Waals surface area contributed by atoms with Crippen molar-refractivity contribution in [3.05, 3.63) is 111 Å². The summed E-state index contributed by atoms with van der Waals surface area (Å²) in [5.41, 5.74) is 18.4. The average molecular weight is 466 g/mol. The van der Waals surface area contributed by atoms with Gasteiger partial charge < -0.3 is 5.73 Å². The van der Waals surface area contributed by atoms with Crippen LogP contribution in [-0.4, -0.2) is 0 Å². The lowest BCUT2D eigenvalue weighted by atomic mass is 9.82. The molecule has 0 heterocycles. The van der Waals surface area contributed by atoms with E-state index >= 15 is 0 Å². The van der Waals surface area contributed by atoms with Crippen LogP contribution in [0.3, 0.4) is 0 Å². The van der Waals surface area contributed by atoms with Crippen LogP contribution in [0, 0.1) is 12.3 Å². The standard InChI is InChI=1S/C34H43N/c1-7-10-27(11-9-22-35)13-16-28-23-26(8-2)14-18-32(28)29-17-19-33-30(24-29)15-12-25(3)31(33)20-21-34(4,5)6/h7,9-12,14-15,18,20-24H,8,13,16-17,19,35H2,1-6H3/b10-7-,21-20-,22-9+,27-11+. The summed E-state index contributed by atoms with van der Waals surface area (Å²) in [6.07, 6.45) is 22.3. The quantitative estimate of drug-likeness (QED) is 0.387. The lowest BCUT2D eigenvalue weighted by Crippen LogP contribution is -2.06. The molecule has 3 rings (SSSR count). The molecule has 0 bridgehead atoms. The molecule has 1 aliphatic rings. The fraction of sp³-hybridized carbons (Fsp3) is 0.353. The van der Waals surface area contributed by atoms with Gasteiger partial charge in [-0.2, -0.15) is 0 Å². The highest BCUT2D eigenvalue weighted by molar-refractivity contribution is 5.87. The van der Waals surface area contributed by atoms with Crippen molar-refractivity contribution in [2.45, 2.75) is 73.6 Å². The molecular weight excluding hydrogens is 422 g/mol. The van der Waals surface area contributed by atoms with Crippen LogP contribution in [-0.2, 0) is 19.3 Å². The molecule has 2 aromatic rings. The van der Waals surface area contributed by atoms with Gasteiger partial charge >= 0.3 is 0 Å². The highest BCUT2D eigenvalue weighted by Crippen LogP contribution is 2.36. The first-order chi connectivity index (χ1) is 16.8. The van der Waals surface area contributed by atoms with Gasteiger partial charge in [-0.1, -0.05) is 94.5 Å². The Bertz CT molecular complexity index is 1180. The normalized spacial score (nSPS) is 14.8. The SMILES string of the molecule is C\C=C/C(=C\C=C\N)CCc1cc(CC)ccc1C1=Cc2ccc(C)c(/C=C\C(C)(C)C)c2CC1. The number of allylic oxidation sites excluding steroid dienone is 7. The summed E-state index contributed by atoms with van der Waals surface area (Å²) in [5.74, 6) is 0. The van der Waals surface area contributed by atoms with Crippen LogP contribution in [0.5, 0.6) is 0 Å². The van der Waals surface area contributed by atoms with Gasteiger partial charge in [0.15, 0.2) is 0 Å². The van der Waals surface area contributed by atoms with Gasteiger partial charge in [0.25, 0.3) is 0 Å². The molecular formula is C34H43N. The average Bonchev–Trinajstić information content (AvgIpc) is 2.84. The minimum Gasteiger partial charge on any atom is -0.405 e. The second-order valence-electron chi connectivity index (χ2n) is 10.7. The number of benzene rings is 2. The van der Waals surface area contributed by atoms with Gasteiger partial charge in [-0.25, -0.2) is 0 Å². The largest absolute Gasteiger partial charge is 0.405 e. The third kappa shape index (κ3) is 7.21. The highest BCUT2D eigenvalue weighted by atomic mass is 14.5. The van der Waals surface area contributed by atoms with Crippen LogP contribution < -0.4 is 5.73 Å². The maximum absolute atomic E-state index is 5.58. The number of aryl methyl sites for hydroxylation is 3. The first-order valence-corrected chi connectivity index (χ1v) is 13.1. The maximum atomic E-state index is 5.58.